The van der Waals surface area contributed by atoms with Crippen LogP contribution in [0.4, 0.5) is 0 Å². The fourth-order valence-electron chi connectivity index (χ4n) is 2.07. The standard InChI is InChI=1S/C15H20O4/c1-4-17-15(18-5-2)13(16)12-9-11-8-6-7-10(3)14(11)19-12/h6-9,13,15-16H,4-5H2,1-3H3. The molecule has 1 N–H and O–H groups in total. The molecule has 0 aliphatic carbocycles. The topological polar surface area (TPSA) is 51.8 Å². The summed E-state index contributed by atoms with van der Waals surface area (Å²) in [6.45, 7) is 6.65. The van der Waals surface area contributed by atoms with Crippen LogP contribution in [-0.4, -0.2) is 24.6 Å². The number of benzene rings is 1. The summed E-state index contributed by atoms with van der Waals surface area (Å²) in [5, 5.41) is 11.3. The van der Waals surface area contributed by atoms with Crippen LogP contribution in [0, 0.1) is 6.92 Å². The van der Waals surface area contributed by atoms with Gasteiger partial charge < -0.3 is 19.0 Å². The van der Waals surface area contributed by atoms with E-state index in [-0.39, 0.29) is 0 Å². The Hall–Kier alpha value is -1.36. The van der Waals surface area contributed by atoms with E-state index < -0.39 is 12.4 Å². The molecule has 1 heterocycles. The third kappa shape index (κ3) is 2.97. The zero-order valence-electron chi connectivity index (χ0n) is 11.6. The maximum absolute atomic E-state index is 10.3. The molecule has 0 saturated carbocycles. The van der Waals surface area contributed by atoms with Crippen LogP contribution in [0.5, 0.6) is 0 Å². The molecule has 0 amide bonds. The number of aliphatic hydroxyl groups excluding tert-OH is 1. The summed E-state index contributed by atoms with van der Waals surface area (Å²) in [7, 11) is 0. The van der Waals surface area contributed by atoms with Gasteiger partial charge in [0.15, 0.2) is 12.4 Å². The minimum atomic E-state index is -0.924. The normalized spacial score (nSPS) is 13.3. The van der Waals surface area contributed by atoms with Gasteiger partial charge in [-0.15, -0.1) is 0 Å². The summed E-state index contributed by atoms with van der Waals surface area (Å²) in [6, 6.07) is 7.73. The molecule has 0 bridgehead atoms. The first-order chi connectivity index (χ1) is 9.17. The monoisotopic (exact) mass is 264 g/mol. The van der Waals surface area contributed by atoms with E-state index in [0.717, 1.165) is 16.5 Å². The van der Waals surface area contributed by atoms with Crippen molar-refractivity contribution in [3.63, 3.8) is 0 Å². The van der Waals surface area contributed by atoms with Crippen molar-refractivity contribution >= 4 is 11.0 Å². The smallest absolute Gasteiger partial charge is 0.190 e. The minimum absolute atomic E-state index is 0.469. The average Bonchev–Trinajstić information content (AvgIpc) is 2.83. The van der Waals surface area contributed by atoms with Crippen LogP contribution in [0.25, 0.3) is 11.0 Å². The average molecular weight is 264 g/mol. The highest BCUT2D eigenvalue weighted by atomic mass is 16.7. The maximum atomic E-state index is 10.3. The number of aliphatic hydroxyl groups is 1. The molecule has 0 radical (unpaired) electrons. The number of fused-ring (bicyclic) bond motifs is 1. The first-order valence-electron chi connectivity index (χ1n) is 6.57. The molecule has 4 nitrogen and oxygen atoms in total. The summed E-state index contributed by atoms with van der Waals surface area (Å²) in [5.41, 5.74) is 1.84. The van der Waals surface area contributed by atoms with Crippen molar-refractivity contribution in [2.24, 2.45) is 0 Å². The fraction of sp³-hybridized carbons (Fsp3) is 0.467. The molecule has 0 aliphatic rings. The fourth-order valence-corrected chi connectivity index (χ4v) is 2.07. The van der Waals surface area contributed by atoms with Crippen LogP contribution in [0.1, 0.15) is 31.3 Å². The molecule has 2 rings (SSSR count). The summed E-state index contributed by atoms with van der Waals surface area (Å²) in [5.74, 6) is 0.469. The minimum Gasteiger partial charge on any atom is -0.458 e. The number of rotatable bonds is 6. The molecular weight excluding hydrogens is 244 g/mol. The summed E-state index contributed by atoms with van der Waals surface area (Å²) in [6.07, 6.45) is -1.62. The summed E-state index contributed by atoms with van der Waals surface area (Å²) in [4.78, 5) is 0. The third-order valence-electron chi connectivity index (χ3n) is 2.97. The number of hydrogen-bond donors (Lipinski definition) is 1. The van der Waals surface area contributed by atoms with Crippen LogP contribution in [0.15, 0.2) is 28.7 Å². The highest BCUT2D eigenvalue weighted by molar-refractivity contribution is 5.80. The summed E-state index contributed by atoms with van der Waals surface area (Å²) >= 11 is 0. The zero-order valence-corrected chi connectivity index (χ0v) is 11.6. The van der Waals surface area contributed by atoms with E-state index in [1.54, 1.807) is 0 Å². The molecule has 0 fully saturated rings. The third-order valence-corrected chi connectivity index (χ3v) is 2.97. The second-order valence-corrected chi connectivity index (χ2v) is 4.37. The quantitative estimate of drug-likeness (QED) is 0.814. The molecule has 1 atom stereocenters. The molecule has 2 aromatic rings. The van der Waals surface area contributed by atoms with E-state index in [9.17, 15) is 5.11 Å². The van der Waals surface area contributed by atoms with Crippen LogP contribution in [0.3, 0.4) is 0 Å². The van der Waals surface area contributed by atoms with Crippen molar-refractivity contribution in [3.8, 4) is 0 Å². The number of para-hydroxylation sites is 1. The first kappa shape index (κ1) is 14.1. The Kier molecular flexibility index (Phi) is 4.58. The van der Waals surface area contributed by atoms with Crippen molar-refractivity contribution in [2.75, 3.05) is 13.2 Å². The van der Waals surface area contributed by atoms with Crippen LogP contribution < -0.4 is 0 Å². The van der Waals surface area contributed by atoms with Crippen molar-refractivity contribution in [2.45, 2.75) is 33.2 Å². The molecule has 4 heteroatoms. The molecule has 0 spiro atoms. The van der Waals surface area contributed by atoms with Crippen LogP contribution in [-0.2, 0) is 9.47 Å². The van der Waals surface area contributed by atoms with Gasteiger partial charge in [-0.05, 0) is 32.4 Å². The largest absolute Gasteiger partial charge is 0.458 e. The van der Waals surface area contributed by atoms with Gasteiger partial charge in [-0.2, -0.15) is 0 Å². The number of furan rings is 1. The van der Waals surface area contributed by atoms with Gasteiger partial charge in [0.25, 0.3) is 0 Å². The molecular formula is C15H20O4. The van der Waals surface area contributed by atoms with Crippen LogP contribution in [0.2, 0.25) is 0 Å². The summed E-state index contributed by atoms with van der Waals surface area (Å²) < 4.78 is 16.5. The van der Waals surface area contributed by atoms with Crippen molar-refractivity contribution < 1.29 is 19.0 Å². The van der Waals surface area contributed by atoms with Gasteiger partial charge in [0.1, 0.15) is 11.3 Å². The highest BCUT2D eigenvalue weighted by Crippen LogP contribution is 2.29. The van der Waals surface area contributed by atoms with E-state index in [1.807, 2.05) is 45.0 Å². The SMILES string of the molecule is CCOC(OCC)C(O)c1cc2cccc(C)c2o1. The van der Waals surface area contributed by atoms with Gasteiger partial charge >= 0.3 is 0 Å². The van der Waals surface area contributed by atoms with Crippen molar-refractivity contribution in [1.29, 1.82) is 0 Å². The van der Waals surface area contributed by atoms with Gasteiger partial charge in [-0.1, -0.05) is 18.2 Å². The van der Waals surface area contributed by atoms with E-state index in [1.165, 1.54) is 0 Å². The Morgan fingerprint density at radius 3 is 2.47 bits per heavy atom. The Bertz CT molecular complexity index is 526. The second-order valence-electron chi connectivity index (χ2n) is 4.37. The van der Waals surface area contributed by atoms with Gasteiger partial charge in [-0.3, -0.25) is 0 Å². The lowest BCUT2D eigenvalue weighted by Gasteiger charge is -2.20. The number of ether oxygens (including phenoxy) is 2. The highest BCUT2D eigenvalue weighted by Gasteiger charge is 2.25. The van der Waals surface area contributed by atoms with Crippen molar-refractivity contribution in [3.05, 3.63) is 35.6 Å². The first-order valence-corrected chi connectivity index (χ1v) is 6.57. The lowest BCUT2D eigenvalue weighted by molar-refractivity contribution is -0.195. The Morgan fingerprint density at radius 2 is 1.89 bits per heavy atom. The van der Waals surface area contributed by atoms with Gasteiger partial charge in [0.2, 0.25) is 0 Å². The van der Waals surface area contributed by atoms with E-state index in [4.69, 9.17) is 13.9 Å². The molecule has 0 saturated heterocycles. The number of hydrogen-bond acceptors (Lipinski definition) is 4. The van der Waals surface area contributed by atoms with Gasteiger partial charge in [0, 0.05) is 18.6 Å². The second kappa shape index (κ2) is 6.19. The molecule has 19 heavy (non-hydrogen) atoms. The molecule has 1 aromatic carbocycles. The van der Waals surface area contributed by atoms with Gasteiger partial charge in [0.05, 0.1) is 0 Å². The Labute approximate surface area is 112 Å². The lowest BCUT2D eigenvalue weighted by atomic mass is 10.1. The van der Waals surface area contributed by atoms with Crippen molar-refractivity contribution in [1.82, 2.24) is 0 Å². The number of aryl methyl sites for hydroxylation is 1. The molecule has 1 aromatic heterocycles. The lowest BCUT2D eigenvalue weighted by Crippen LogP contribution is -2.25. The van der Waals surface area contributed by atoms with Gasteiger partial charge in [-0.25, -0.2) is 0 Å². The van der Waals surface area contributed by atoms with E-state index in [0.29, 0.717) is 19.0 Å². The predicted octanol–water partition coefficient (Wildman–Crippen LogP) is 3.17. The zero-order chi connectivity index (χ0) is 13.8. The Morgan fingerprint density at radius 1 is 1.21 bits per heavy atom. The molecule has 104 valence electrons. The van der Waals surface area contributed by atoms with Crippen LogP contribution >= 0.6 is 0 Å². The molecule has 0 aliphatic heterocycles. The Balaban J connectivity index is 2.29. The maximum Gasteiger partial charge on any atom is 0.190 e. The predicted molar refractivity (Wildman–Crippen MR) is 73.0 cm³/mol. The molecule has 1 unspecified atom stereocenters. The van der Waals surface area contributed by atoms with E-state index >= 15 is 0 Å². The van der Waals surface area contributed by atoms with E-state index in [2.05, 4.69) is 0 Å².